The Hall–Kier alpha value is -3.81. The van der Waals surface area contributed by atoms with Gasteiger partial charge in [0.2, 0.25) is 5.91 Å². The number of allylic oxidation sites excluding steroid dienone is 1. The molecule has 39 heavy (non-hydrogen) atoms. The number of nitriles is 2. The first-order valence-corrected chi connectivity index (χ1v) is 14.0. The molecule has 1 fully saturated rings. The lowest BCUT2D eigenvalue weighted by Crippen LogP contribution is -2.39. The van der Waals surface area contributed by atoms with E-state index in [1.807, 2.05) is 35.8 Å². The second-order valence-corrected chi connectivity index (χ2v) is 10.6. The third kappa shape index (κ3) is 7.62. The first-order chi connectivity index (χ1) is 18.7. The van der Waals surface area contributed by atoms with Crippen molar-refractivity contribution in [2.45, 2.75) is 67.1 Å². The SMILES string of the molecule is CCN(CC)Cc1cccc(N(C(=O)CCN2CCN(Cc3cc(C)cc(C)c3)C2=C(C#N)C#N)C(C)C)c1. The van der Waals surface area contributed by atoms with E-state index in [1.165, 1.54) is 16.7 Å². The Bertz CT molecular complexity index is 1230. The van der Waals surface area contributed by atoms with E-state index in [-0.39, 0.29) is 17.5 Å². The monoisotopic (exact) mass is 526 g/mol. The van der Waals surface area contributed by atoms with Crippen LogP contribution in [-0.4, -0.2) is 59.4 Å². The third-order valence-electron chi connectivity index (χ3n) is 7.21. The molecule has 2 aromatic carbocycles. The molecule has 0 aliphatic carbocycles. The average Bonchev–Trinajstić information content (AvgIpc) is 3.28. The van der Waals surface area contributed by atoms with Crippen molar-refractivity contribution in [2.75, 3.05) is 37.6 Å². The number of amides is 1. The van der Waals surface area contributed by atoms with Crippen LogP contribution in [0.2, 0.25) is 0 Å². The van der Waals surface area contributed by atoms with Crippen LogP contribution < -0.4 is 4.90 Å². The fourth-order valence-electron chi connectivity index (χ4n) is 5.44. The summed E-state index contributed by atoms with van der Waals surface area (Å²) in [7, 11) is 0. The lowest BCUT2D eigenvalue weighted by Gasteiger charge is -2.30. The second kappa shape index (κ2) is 13.8. The Morgan fingerprint density at radius 2 is 1.59 bits per heavy atom. The lowest BCUT2D eigenvalue weighted by molar-refractivity contribution is -0.119. The van der Waals surface area contributed by atoms with E-state index in [0.717, 1.165) is 30.9 Å². The summed E-state index contributed by atoms with van der Waals surface area (Å²) in [5.41, 5.74) is 5.71. The molecule has 3 rings (SSSR count). The molecule has 0 unspecified atom stereocenters. The van der Waals surface area contributed by atoms with Gasteiger partial charge in [0.15, 0.2) is 5.57 Å². The number of anilines is 1. The van der Waals surface area contributed by atoms with Crippen LogP contribution in [-0.2, 0) is 17.9 Å². The first kappa shape index (κ1) is 29.7. The maximum atomic E-state index is 13.6. The van der Waals surface area contributed by atoms with Crippen LogP contribution in [0.15, 0.2) is 53.9 Å². The van der Waals surface area contributed by atoms with Gasteiger partial charge in [0.1, 0.15) is 18.0 Å². The zero-order valence-corrected chi connectivity index (χ0v) is 24.4. The second-order valence-electron chi connectivity index (χ2n) is 10.6. The van der Waals surface area contributed by atoms with Gasteiger partial charge in [-0.25, -0.2) is 0 Å². The normalized spacial score (nSPS) is 13.1. The van der Waals surface area contributed by atoms with E-state index in [1.54, 1.807) is 0 Å². The van der Waals surface area contributed by atoms with Crippen molar-refractivity contribution in [3.8, 4) is 12.1 Å². The largest absolute Gasteiger partial charge is 0.354 e. The number of hydrogen-bond donors (Lipinski definition) is 0. The summed E-state index contributed by atoms with van der Waals surface area (Å²) in [5, 5.41) is 19.5. The van der Waals surface area contributed by atoms with Gasteiger partial charge in [0.05, 0.1) is 0 Å². The smallest absolute Gasteiger partial charge is 0.229 e. The molecule has 0 atom stereocenters. The highest BCUT2D eigenvalue weighted by Gasteiger charge is 2.30. The van der Waals surface area contributed by atoms with Gasteiger partial charge in [0, 0.05) is 50.9 Å². The summed E-state index contributed by atoms with van der Waals surface area (Å²) >= 11 is 0. The van der Waals surface area contributed by atoms with Gasteiger partial charge in [-0.15, -0.1) is 0 Å². The van der Waals surface area contributed by atoms with Gasteiger partial charge < -0.3 is 14.7 Å². The molecule has 1 amide bonds. The highest BCUT2D eigenvalue weighted by Crippen LogP contribution is 2.26. The van der Waals surface area contributed by atoms with Crippen molar-refractivity contribution in [2.24, 2.45) is 0 Å². The molecule has 7 nitrogen and oxygen atoms in total. The van der Waals surface area contributed by atoms with E-state index in [4.69, 9.17) is 0 Å². The quantitative estimate of drug-likeness (QED) is 0.367. The molecular weight excluding hydrogens is 484 g/mol. The fraction of sp³-hybridized carbons (Fsp3) is 0.469. The maximum Gasteiger partial charge on any atom is 0.229 e. The Morgan fingerprint density at radius 1 is 0.949 bits per heavy atom. The van der Waals surface area contributed by atoms with Crippen LogP contribution in [0, 0.1) is 36.5 Å². The molecule has 1 aliphatic heterocycles. The summed E-state index contributed by atoms with van der Waals surface area (Å²) in [6.45, 7) is 17.8. The predicted octanol–water partition coefficient (Wildman–Crippen LogP) is 5.35. The minimum absolute atomic E-state index is 0.00429. The van der Waals surface area contributed by atoms with Gasteiger partial charge in [-0.05, 0) is 64.0 Å². The van der Waals surface area contributed by atoms with Crippen LogP contribution in [0.3, 0.4) is 0 Å². The summed E-state index contributed by atoms with van der Waals surface area (Å²) in [6, 6.07) is 18.8. The van der Waals surface area contributed by atoms with Gasteiger partial charge in [-0.1, -0.05) is 55.3 Å². The molecule has 7 heteroatoms. The molecule has 1 heterocycles. The Labute approximate surface area is 234 Å². The molecule has 0 bridgehead atoms. The Kier molecular flexibility index (Phi) is 10.5. The molecule has 0 N–H and O–H groups in total. The number of benzene rings is 2. The molecule has 206 valence electrons. The highest BCUT2D eigenvalue weighted by molar-refractivity contribution is 5.94. The van der Waals surface area contributed by atoms with Crippen LogP contribution in [0.4, 0.5) is 5.69 Å². The summed E-state index contributed by atoms with van der Waals surface area (Å²) in [5.74, 6) is 0.664. The van der Waals surface area contributed by atoms with E-state index in [2.05, 4.69) is 80.0 Å². The summed E-state index contributed by atoms with van der Waals surface area (Å²) in [4.78, 5) is 21.9. The molecule has 0 aromatic heterocycles. The first-order valence-electron chi connectivity index (χ1n) is 14.0. The average molecular weight is 527 g/mol. The van der Waals surface area contributed by atoms with Crippen LogP contribution >= 0.6 is 0 Å². The van der Waals surface area contributed by atoms with Crippen LogP contribution in [0.5, 0.6) is 0 Å². The molecule has 1 aliphatic rings. The third-order valence-corrected chi connectivity index (χ3v) is 7.21. The van der Waals surface area contributed by atoms with Crippen molar-refractivity contribution in [1.29, 1.82) is 10.5 Å². The molecule has 2 aromatic rings. The topological polar surface area (TPSA) is 77.6 Å². The molecule has 1 saturated heterocycles. The van der Waals surface area contributed by atoms with E-state index < -0.39 is 0 Å². The minimum atomic E-state index is 0.00429. The Balaban J connectivity index is 1.77. The minimum Gasteiger partial charge on any atom is -0.354 e. The number of aryl methyl sites for hydroxylation is 2. The van der Waals surface area contributed by atoms with Crippen LogP contribution in [0.1, 0.15) is 56.4 Å². The number of nitrogens with zero attached hydrogens (tertiary/aromatic N) is 6. The summed E-state index contributed by atoms with van der Waals surface area (Å²) in [6.07, 6.45) is 0.295. The zero-order valence-electron chi connectivity index (χ0n) is 24.4. The van der Waals surface area contributed by atoms with Gasteiger partial charge in [0.25, 0.3) is 0 Å². The lowest BCUT2D eigenvalue weighted by atomic mass is 10.1. The standard InChI is InChI=1S/C32H42N6O/c1-7-35(8-2)22-27-10-9-11-30(19-27)38(24(3)4)31(39)12-13-36-14-15-37(32(36)29(20-33)21-34)23-28-17-25(5)16-26(6)18-28/h9-11,16-19,24H,7-8,12-15,22-23H2,1-6H3. The zero-order chi connectivity index (χ0) is 28.5. The maximum absolute atomic E-state index is 13.6. The van der Waals surface area contributed by atoms with E-state index >= 15 is 0 Å². The van der Waals surface area contributed by atoms with Crippen molar-refractivity contribution < 1.29 is 4.79 Å². The number of carbonyl (C=O) groups is 1. The van der Waals surface area contributed by atoms with Crippen molar-refractivity contribution in [3.05, 3.63) is 76.1 Å². The highest BCUT2D eigenvalue weighted by atomic mass is 16.2. The molecular formula is C32H42N6O. The van der Waals surface area contributed by atoms with Crippen molar-refractivity contribution >= 4 is 11.6 Å². The van der Waals surface area contributed by atoms with Gasteiger partial charge in [-0.3, -0.25) is 9.69 Å². The molecule has 0 radical (unpaired) electrons. The van der Waals surface area contributed by atoms with Crippen molar-refractivity contribution in [3.63, 3.8) is 0 Å². The molecule has 0 spiro atoms. The van der Waals surface area contributed by atoms with E-state index in [0.29, 0.717) is 38.4 Å². The number of carbonyl (C=O) groups excluding carboxylic acids is 1. The number of hydrogen-bond acceptors (Lipinski definition) is 6. The Morgan fingerprint density at radius 3 is 2.18 bits per heavy atom. The van der Waals surface area contributed by atoms with Crippen LogP contribution in [0.25, 0.3) is 0 Å². The molecule has 0 saturated carbocycles. The predicted molar refractivity (Wildman–Crippen MR) is 156 cm³/mol. The van der Waals surface area contributed by atoms with Gasteiger partial charge in [-0.2, -0.15) is 10.5 Å². The fourth-order valence-corrected chi connectivity index (χ4v) is 5.44. The summed E-state index contributed by atoms with van der Waals surface area (Å²) < 4.78 is 0. The number of rotatable bonds is 11. The van der Waals surface area contributed by atoms with E-state index in [9.17, 15) is 15.3 Å². The van der Waals surface area contributed by atoms with Gasteiger partial charge >= 0.3 is 0 Å². The van der Waals surface area contributed by atoms with Crippen molar-refractivity contribution in [1.82, 2.24) is 14.7 Å².